The largest absolute Gasteiger partial charge is 0.369 e. The number of hydrogen-bond donors (Lipinski definition) is 1. The van der Waals surface area contributed by atoms with Crippen LogP contribution in [0.4, 0.5) is 5.95 Å². The number of fused-ring (bicyclic) bond motifs is 1. The number of carbonyl (C=O) groups excluding carboxylic acids is 1. The van der Waals surface area contributed by atoms with Crippen LogP contribution in [-0.2, 0) is 4.74 Å². The van der Waals surface area contributed by atoms with Crippen LogP contribution in [0.15, 0.2) is 30.6 Å². The van der Waals surface area contributed by atoms with Crippen LogP contribution in [0.5, 0.6) is 0 Å². The number of ether oxygens (including phenoxy) is 1. The minimum Gasteiger partial charge on any atom is -0.369 e. The van der Waals surface area contributed by atoms with Crippen molar-refractivity contribution in [2.45, 2.75) is 31.5 Å². The van der Waals surface area contributed by atoms with Gasteiger partial charge in [0.1, 0.15) is 0 Å². The first-order valence-corrected chi connectivity index (χ1v) is 10.0. The van der Waals surface area contributed by atoms with Gasteiger partial charge in [-0.3, -0.25) is 4.79 Å². The van der Waals surface area contributed by atoms with Crippen LogP contribution < -0.4 is 10.2 Å². The minimum absolute atomic E-state index is 0.0289. The lowest BCUT2D eigenvalue weighted by Gasteiger charge is -2.29. The van der Waals surface area contributed by atoms with Gasteiger partial charge in [0, 0.05) is 42.2 Å². The smallest absolute Gasteiger partial charge is 0.261 e. The van der Waals surface area contributed by atoms with E-state index in [1.165, 1.54) is 0 Å². The van der Waals surface area contributed by atoms with Gasteiger partial charge in [-0.2, -0.15) is 0 Å². The molecule has 0 aliphatic carbocycles. The topological polar surface area (TPSA) is 67.4 Å². The van der Waals surface area contributed by atoms with E-state index >= 15 is 0 Å². The maximum absolute atomic E-state index is 12.4. The number of amides is 1. The van der Waals surface area contributed by atoms with Crippen LogP contribution >= 0.6 is 11.3 Å². The van der Waals surface area contributed by atoms with Gasteiger partial charge < -0.3 is 15.0 Å². The fraction of sp³-hybridized carbons (Fsp3) is 0.526. The number of hydrogen-bond acceptors (Lipinski definition) is 6. The number of aryl methyl sites for hydroxylation is 1. The van der Waals surface area contributed by atoms with Gasteiger partial charge in [0.2, 0.25) is 5.95 Å². The first-order valence-electron chi connectivity index (χ1n) is 9.19. The summed E-state index contributed by atoms with van der Waals surface area (Å²) in [5, 5.41) is 3.14. The standard InChI is InChI=1S/C19H22N4O2S/c1-12-3-4-16(26-12)17(24)22-9-13-14-10-23(18-20-7-2-8-21-18)11-19(14)6-5-15(13)25-19/h2-4,7-8,13-15H,5-6,9-11H2,1H3,(H,22,24)/t13-,14+,15+,19+/m0/s1. The summed E-state index contributed by atoms with van der Waals surface area (Å²) in [7, 11) is 0. The Morgan fingerprint density at radius 3 is 3.04 bits per heavy atom. The maximum atomic E-state index is 12.4. The minimum atomic E-state index is -0.0845. The Morgan fingerprint density at radius 2 is 2.27 bits per heavy atom. The Balaban J connectivity index is 1.29. The molecule has 0 saturated carbocycles. The molecule has 0 unspecified atom stereocenters. The number of aromatic nitrogens is 2. The second-order valence-electron chi connectivity index (χ2n) is 7.58. The summed E-state index contributed by atoms with van der Waals surface area (Å²) in [6.45, 7) is 4.45. The van der Waals surface area contributed by atoms with Crippen molar-refractivity contribution in [3.8, 4) is 0 Å². The molecule has 3 saturated heterocycles. The molecule has 5 rings (SSSR count). The van der Waals surface area contributed by atoms with E-state index in [4.69, 9.17) is 4.74 Å². The highest BCUT2D eigenvalue weighted by molar-refractivity contribution is 7.13. The molecule has 26 heavy (non-hydrogen) atoms. The van der Waals surface area contributed by atoms with Crippen LogP contribution in [0.3, 0.4) is 0 Å². The quantitative estimate of drug-likeness (QED) is 0.894. The second kappa shape index (κ2) is 6.03. The third-order valence-electron chi connectivity index (χ3n) is 6.08. The highest BCUT2D eigenvalue weighted by Gasteiger charge is 2.63. The zero-order valence-electron chi connectivity index (χ0n) is 14.7. The van der Waals surface area contributed by atoms with Gasteiger partial charge >= 0.3 is 0 Å². The molecule has 3 aliphatic heterocycles. The molecule has 1 amide bonds. The third-order valence-corrected chi connectivity index (χ3v) is 7.08. The van der Waals surface area contributed by atoms with Crippen molar-refractivity contribution >= 4 is 23.2 Å². The van der Waals surface area contributed by atoms with E-state index in [0.717, 1.165) is 41.6 Å². The van der Waals surface area contributed by atoms with Crippen molar-refractivity contribution in [2.24, 2.45) is 11.8 Å². The van der Waals surface area contributed by atoms with E-state index in [-0.39, 0.29) is 17.6 Å². The predicted molar refractivity (Wildman–Crippen MR) is 99.5 cm³/mol. The first-order chi connectivity index (χ1) is 12.6. The fourth-order valence-electron chi connectivity index (χ4n) is 4.92. The predicted octanol–water partition coefficient (Wildman–Crippen LogP) is 2.26. The van der Waals surface area contributed by atoms with E-state index in [2.05, 4.69) is 20.2 Å². The zero-order chi connectivity index (χ0) is 17.7. The average molecular weight is 370 g/mol. The Hall–Kier alpha value is -1.99. The molecule has 2 aromatic rings. The number of carbonyl (C=O) groups is 1. The van der Waals surface area contributed by atoms with Crippen LogP contribution in [-0.4, -0.2) is 47.2 Å². The summed E-state index contributed by atoms with van der Waals surface area (Å²) in [5.41, 5.74) is -0.0845. The van der Waals surface area contributed by atoms with Gasteiger partial charge in [0.25, 0.3) is 5.91 Å². The molecule has 0 radical (unpaired) electrons. The highest BCUT2D eigenvalue weighted by Crippen LogP contribution is 2.54. The van der Waals surface area contributed by atoms with Crippen LogP contribution in [0, 0.1) is 18.8 Å². The van der Waals surface area contributed by atoms with Gasteiger partial charge in [-0.15, -0.1) is 11.3 Å². The summed E-state index contributed by atoms with van der Waals surface area (Å²) in [4.78, 5) is 25.4. The van der Waals surface area contributed by atoms with Crippen molar-refractivity contribution in [1.29, 1.82) is 0 Å². The molecule has 2 bridgehead atoms. The van der Waals surface area contributed by atoms with E-state index in [1.807, 2.05) is 25.1 Å². The monoisotopic (exact) mass is 370 g/mol. The molecule has 0 aromatic carbocycles. The van der Waals surface area contributed by atoms with Crippen molar-refractivity contribution in [2.75, 3.05) is 24.5 Å². The summed E-state index contributed by atoms with van der Waals surface area (Å²) in [6, 6.07) is 5.73. The lowest BCUT2D eigenvalue weighted by molar-refractivity contribution is 0.0141. The van der Waals surface area contributed by atoms with Crippen LogP contribution in [0.25, 0.3) is 0 Å². The molecule has 6 nitrogen and oxygen atoms in total. The average Bonchev–Trinajstić information content (AvgIpc) is 3.40. The summed E-state index contributed by atoms with van der Waals surface area (Å²) < 4.78 is 6.44. The van der Waals surface area contributed by atoms with Gasteiger partial charge in [-0.25, -0.2) is 9.97 Å². The maximum Gasteiger partial charge on any atom is 0.261 e. The lowest BCUT2D eigenvalue weighted by atomic mass is 9.73. The fourth-order valence-corrected chi connectivity index (χ4v) is 5.71. The third kappa shape index (κ3) is 2.53. The lowest BCUT2D eigenvalue weighted by Crippen LogP contribution is -2.41. The van der Waals surface area contributed by atoms with Gasteiger partial charge in [0.15, 0.2) is 0 Å². The van der Waals surface area contributed by atoms with Gasteiger partial charge in [0.05, 0.1) is 23.1 Å². The molecule has 2 aromatic heterocycles. The second-order valence-corrected chi connectivity index (χ2v) is 8.87. The molecular formula is C19H22N4O2S. The molecule has 4 atom stereocenters. The Morgan fingerprint density at radius 1 is 1.42 bits per heavy atom. The van der Waals surface area contributed by atoms with Crippen molar-refractivity contribution in [1.82, 2.24) is 15.3 Å². The van der Waals surface area contributed by atoms with Gasteiger partial charge in [-0.1, -0.05) is 0 Å². The summed E-state index contributed by atoms with van der Waals surface area (Å²) in [5.74, 6) is 1.60. The Kier molecular flexibility index (Phi) is 3.76. The molecule has 136 valence electrons. The van der Waals surface area contributed by atoms with E-state index < -0.39 is 0 Å². The number of anilines is 1. The normalized spacial score (nSPS) is 32.0. The highest BCUT2D eigenvalue weighted by atomic mass is 32.1. The molecule has 3 fully saturated rings. The van der Waals surface area contributed by atoms with Crippen molar-refractivity contribution < 1.29 is 9.53 Å². The first kappa shape index (κ1) is 16.2. The summed E-state index contributed by atoms with van der Waals surface area (Å²) >= 11 is 1.54. The van der Waals surface area contributed by atoms with Crippen molar-refractivity contribution in [3.05, 3.63) is 40.3 Å². The number of nitrogens with zero attached hydrogens (tertiary/aromatic N) is 3. The number of rotatable bonds is 4. The molecule has 1 spiro atoms. The molecule has 3 aliphatic rings. The van der Waals surface area contributed by atoms with Crippen LogP contribution in [0.2, 0.25) is 0 Å². The molecular weight excluding hydrogens is 348 g/mol. The summed E-state index contributed by atoms with van der Waals surface area (Å²) in [6.07, 6.45) is 6.02. The van der Waals surface area contributed by atoms with E-state index in [9.17, 15) is 4.79 Å². The van der Waals surface area contributed by atoms with Gasteiger partial charge in [-0.05, 0) is 38.0 Å². The number of nitrogens with one attached hydrogen (secondary N) is 1. The molecule has 1 N–H and O–H groups in total. The Labute approximate surface area is 156 Å². The van der Waals surface area contributed by atoms with Crippen LogP contribution in [0.1, 0.15) is 27.4 Å². The zero-order valence-corrected chi connectivity index (χ0v) is 15.5. The molecule has 7 heteroatoms. The van der Waals surface area contributed by atoms with Crippen molar-refractivity contribution in [3.63, 3.8) is 0 Å². The number of thiophene rings is 1. The van der Waals surface area contributed by atoms with E-state index in [0.29, 0.717) is 18.4 Å². The Bertz CT molecular complexity index is 826. The molecule has 5 heterocycles. The SMILES string of the molecule is Cc1ccc(C(=O)NC[C@H]2[C@H]3CN(c4ncccn4)C[C@]34CC[C@H]2O4)s1. The van der Waals surface area contributed by atoms with E-state index in [1.54, 1.807) is 23.7 Å².